The van der Waals surface area contributed by atoms with Gasteiger partial charge in [-0.25, -0.2) is 4.98 Å². The number of aryl methyl sites for hydroxylation is 1. The molecule has 1 aromatic rings. The van der Waals surface area contributed by atoms with Gasteiger partial charge in [-0.3, -0.25) is 0 Å². The molecule has 3 heteroatoms. The van der Waals surface area contributed by atoms with Crippen LogP contribution in [0.15, 0.2) is 6.20 Å². The zero-order valence-corrected chi connectivity index (χ0v) is 10.7. The molecule has 14 heavy (non-hydrogen) atoms. The fourth-order valence-electron chi connectivity index (χ4n) is 1.22. The molecule has 0 saturated heterocycles. The van der Waals surface area contributed by atoms with Gasteiger partial charge in [-0.1, -0.05) is 25.6 Å². The number of aromatic nitrogens is 2. The van der Waals surface area contributed by atoms with Crippen molar-refractivity contribution in [3.8, 4) is 11.5 Å². The van der Waals surface area contributed by atoms with E-state index >= 15 is 0 Å². The van der Waals surface area contributed by atoms with E-state index in [2.05, 4.69) is 47.6 Å². The Balaban J connectivity index is 3.01. The molecule has 0 aliphatic carbocycles. The van der Waals surface area contributed by atoms with Gasteiger partial charge in [0.1, 0.15) is 19.6 Å². The van der Waals surface area contributed by atoms with Crippen molar-refractivity contribution in [1.82, 2.24) is 9.55 Å². The maximum atomic E-state index is 4.26. The number of rotatable bonds is 1. The lowest BCUT2D eigenvalue weighted by Gasteiger charge is -2.04. The van der Waals surface area contributed by atoms with Crippen molar-refractivity contribution >= 4 is 8.07 Å². The van der Waals surface area contributed by atoms with E-state index in [0.29, 0.717) is 0 Å². The third-order valence-electron chi connectivity index (χ3n) is 1.94. The van der Waals surface area contributed by atoms with Crippen molar-refractivity contribution in [2.24, 2.45) is 0 Å². The Hall–Kier alpha value is -1.01. The molecule has 0 fully saturated rings. The Morgan fingerprint density at radius 3 is 2.57 bits per heavy atom. The first-order valence-corrected chi connectivity index (χ1v) is 8.49. The summed E-state index contributed by atoms with van der Waals surface area (Å²) in [5, 5.41) is 0. The van der Waals surface area contributed by atoms with E-state index in [9.17, 15) is 0 Å². The smallest absolute Gasteiger partial charge is 0.129 e. The van der Waals surface area contributed by atoms with Gasteiger partial charge in [0.25, 0.3) is 0 Å². The Bertz CT molecular complexity index is 374. The average molecular weight is 206 g/mol. The lowest BCUT2D eigenvalue weighted by Crippen LogP contribution is -2.16. The summed E-state index contributed by atoms with van der Waals surface area (Å²) < 4.78 is 2.15. The van der Waals surface area contributed by atoms with Crippen molar-refractivity contribution in [3.63, 3.8) is 0 Å². The highest BCUT2D eigenvalue weighted by Crippen LogP contribution is 2.04. The molecular formula is C11H18N2Si. The van der Waals surface area contributed by atoms with E-state index in [-0.39, 0.29) is 0 Å². The van der Waals surface area contributed by atoms with Crippen molar-refractivity contribution in [2.75, 3.05) is 0 Å². The van der Waals surface area contributed by atoms with Crippen LogP contribution < -0.4 is 0 Å². The largest absolute Gasteiger partial charge is 0.322 e. The molecule has 0 aliphatic rings. The van der Waals surface area contributed by atoms with Gasteiger partial charge in [0.2, 0.25) is 0 Å². The van der Waals surface area contributed by atoms with E-state index in [1.807, 2.05) is 13.1 Å². The quantitative estimate of drug-likeness (QED) is 0.510. The third-order valence-corrected chi connectivity index (χ3v) is 2.81. The van der Waals surface area contributed by atoms with Gasteiger partial charge in [-0.05, 0) is 13.8 Å². The summed E-state index contributed by atoms with van der Waals surface area (Å²) in [6, 6.07) is 0. The second-order valence-corrected chi connectivity index (χ2v) is 9.18. The van der Waals surface area contributed by atoms with E-state index in [0.717, 1.165) is 18.1 Å². The predicted molar refractivity (Wildman–Crippen MR) is 62.9 cm³/mol. The van der Waals surface area contributed by atoms with Crippen molar-refractivity contribution in [2.45, 2.75) is 40.0 Å². The van der Waals surface area contributed by atoms with Gasteiger partial charge in [-0.2, -0.15) is 0 Å². The molecule has 0 aliphatic heterocycles. The minimum absolute atomic E-state index is 0.946. The first-order valence-electron chi connectivity index (χ1n) is 4.99. The molecule has 1 heterocycles. The van der Waals surface area contributed by atoms with Crippen LogP contribution in [0.3, 0.4) is 0 Å². The van der Waals surface area contributed by atoms with Gasteiger partial charge < -0.3 is 4.57 Å². The molecule has 0 amide bonds. The van der Waals surface area contributed by atoms with Crippen molar-refractivity contribution in [1.29, 1.82) is 0 Å². The fraction of sp³-hybridized carbons (Fsp3) is 0.545. The van der Waals surface area contributed by atoms with E-state index in [1.54, 1.807) is 0 Å². The summed E-state index contributed by atoms with van der Waals surface area (Å²) in [7, 11) is -1.27. The maximum absolute atomic E-state index is 4.26. The van der Waals surface area contributed by atoms with Crippen molar-refractivity contribution in [3.05, 3.63) is 17.7 Å². The van der Waals surface area contributed by atoms with Crippen LogP contribution in [0.25, 0.3) is 0 Å². The normalized spacial score (nSPS) is 10.9. The fourth-order valence-corrected chi connectivity index (χ4v) is 1.72. The van der Waals surface area contributed by atoms with Gasteiger partial charge in [0.05, 0.1) is 6.20 Å². The van der Waals surface area contributed by atoms with Crippen molar-refractivity contribution < 1.29 is 0 Å². The van der Waals surface area contributed by atoms with Crippen LogP contribution >= 0.6 is 0 Å². The highest BCUT2D eigenvalue weighted by Gasteiger charge is 2.08. The molecule has 76 valence electrons. The molecule has 0 N–H and O–H groups in total. The number of imidazole rings is 1. The van der Waals surface area contributed by atoms with Crippen LogP contribution in [0.1, 0.15) is 18.4 Å². The Morgan fingerprint density at radius 2 is 2.07 bits per heavy atom. The molecule has 2 nitrogen and oxygen atoms in total. The summed E-state index contributed by atoms with van der Waals surface area (Å²) in [4.78, 5) is 4.26. The topological polar surface area (TPSA) is 17.8 Å². The number of hydrogen-bond donors (Lipinski definition) is 0. The summed E-state index contributed by atoms with van der Waals surface area (Å²) in [6.07, 6.45) is 1.87. The average Bonchev–Trinajstić information content (AvgIpc) is 2.41. The van der Waals surface area contributed by atoms with Crippen LogP contribution in [0.4, 0.5) is 0 Å². The summed E-state index contributed by atoms with van der Waals surface area (Å²) in [5.41, 5.74) is 4.40. The summed E-state index contributed by atoms with van der Waals surface area (Å²) in [5.74, 6) is 4.29. The van der Waals surface area contributed by atoms with Crippen LogP contribution in [-0.2, 0) is 6.54 Å². The second kappa shape index (κ2) is 4.01. The molecule has 0 atom stereocenters. The van der Waals surface area contributed by atoms with Gasteiger partial charge in [0, 0.05) is 6.54 Å². The molecule has 0 spiro atoms. The number of hydrogen-bond acceptors (Lipinski definition) is 1. The molecule has 0 unspecified atom stereocenters. The maximum Gasteiger partial charge on any atom is 0.129 e. The van der Waals surface area contributed by atoms with E-state index in [4.69, 9.17) is 0 Å². The monoisotopic (exact) mass is 206 g/mol. The zero-order chi connectivity index (χ0) is 10.8. The lowest BCUT2D eigenvalue weighted by atomic mass is 10.5. The first kappa shape index (κ1) is 11.1. The van der Waals surface area contributed by atoms with Gasteiger partial charge in [-0.15, -0.1) is 5.54 Å². The Kier molecular flexibility index (Phi) is 3.17. The Labute approximate surface area is 87.4 Å². The summed E-state index contributed by atoms with van der Waals surface area (Å²) in [6.45, 7) is 11.8. The van der Waals surface area contributed by atoms with E-state index < -0.39 is 8.07 Å². The lowest BCUT2D eigenvalue weighted by molar-refractivity contribution is 0.722. The zero-order valence-electron chi connectivity index (χ0n) is 9.68. The molecule has 0 radical (unpaired) electrons. The molecule has 0 bridgehead atoms. The minimum Gasteiger partial charge on any atom is -0.322 e. The third kappa shape index (κ3) is 2.74. The van der Waals surface area contributed by atoms with Crippen LogP contribution in [0.5, 0.6) is 0 Å². The number of nitrogens with zero attached hydrogens (tertiary/aromatic N) is 2. The van der Waals surface area contributed by atoms with Crippen LogP contribution in [0.2, 0.25) is 19.6 Å². The molecule has 1 aromatic heterocycles. The molecular weight excluding hydrogens is 188 g/mol. The Morgan fingerprint density at radius 1 is 1.43 bits per heavy atom. The van der Waals surface area contributed by atoms with Crippen LogP contribution in [0, 0.1) is 18.4 Å². The predicted octanol–water partition coefficient (Wildman–Crippen LogP) is 2.44. The SMILES string of the molecule is CCn1c(C#C[Si](C)(C)C)cnc1C. The standard InChI is InChI=1S/C11H18N2Si/c1-6-13-10(2)12-9-11(13)7-8-14(3,4)5/h9H,6H2,1-5H3. The highest BCUT2D eigenvalue weighted by atomic mass is 28.3. The second-order valence-electron chi connectivity index (χ2n) is 4.43. The molecule has 1 rings (SSSR count). The highest BCUT2D eigenvalue weighted by molar-refractivity contribution is 6.83. The molecule has 0 saturated carbocycles. The minimum atomic E-state index is -1.27. The first-order chi connectivity index (χ1) is 6.44. The van der Waals surface area contributed by atoms with Gasteiger partial charge in [0.15, 0.2) is 0 Å². The van der Waals surface area contributed by atoms with Gasteiger partial charge >= 0.3 is 0 Å². The van der Waals surface area contributed by atoms with Crippen LogP contribution in [-0.4, -0.2) is 17.6 Å². The van der Waals surface area contributed by atoms with E-state index in [1.165, 1.54) is 0 Å². The molecule has 0 aromatic carbocycles. The summed E-state index contributed by atoms with van der Waals surface area (Å²) >= 11 is 0.